The van der Waals surface area contributed by atoms with Gasteiger partial charge in [0, 0.05) is 0 Å². The molecule has 0 spiro atoms. The van der Waals surface area contributed by atoms with Crippen molar-refractivity contribution in [2.75, 3.05) is 0 Å². The molecule has 0 fully saturated rings. The summed E-state index contributed by atoms with van der Waals surface area (Å²) < 4.78 is 117. The van der Waals surface area contributed by atoms with Crippen LogP contribution in [0.2, 0.25) is 0 Å². The van der Waals surface area contributed by atoms with Crippen LogP contribution in [0, 0.1) is 0 Å². The van der Waals surface area contributed by atoms with E-state index in [-0.39, 0.29) is 27.3 Å². The second kappa shape index (κ2) is 9.32. The van der Waals surface area contributed by atoms with Gasteiger partial charge in [-0.2, -0.15) is 0 Å². The van der Waals surface area contributed by atoms with E-state index in [2.05, 4.69) is 0 Å². The third-order valence-electron chi connectivity index (χ3n) is 0. The van der Waals surface area contributed by atoms with E-state index in [9.17, 15) is 51.8 Å². The molecule has 0 saturated heterocycles. The number of rotatable bonds is 0. The van der Waals surface area contributed by atoms with Crippen LogP contribution < -0.4 is 0 Å². The summed E-state index contributed by atoms with van der Waals surface area (Å²) in [5.74, 6) is 0. The van der Waals surface area contributed by atoms with E-state index in [1.165, 1.54) is 0 Å². The molecular formula is B3F12Pb. The summed E-state index contributed by atoms with van der Waals surface area (Å²) in [7, 11) is -18.0. The van der Waals surface area contributed by atoms with Crippen LogP contribution in [0.15, 0.2) is 0 Å². The molecule has 0 atom stereocenters. The first-order chi connectivity index (χ1) is 6.00. The van der Waals surface area contributed by atoms with Gasteiger partial charge in [-0.15, -0.1) is 0 Å². The molecule has 0 aromatic carbocycles. The normalized spacial score (nSPS) is 11.2. The van der Waals surface area contributed by atoms with Gasteiger partial charge in [0.25, 0.3) is 0 Å². The van der Waals surface area contributed by atoms with E-state index in [1.807, 2.05) is 0 Å². The summed E-state index contributed by atoms with van der Waals surface area (Å²) in [6, 6.07) is 0. The molecule has 0 saturated carbocycles. The summed E-state index contributed by atoms with van der Waals surface area (Å²) >= 11 is 0. The molecule has 16 heteroatoms. The molecule has 0 nitrogen and oxygen atoms in total. The van der Waals surface area contributed by atoms with Crippen molar-refractivity contribution < 1.29 is 51.8 Å². The van der Waals surface area contributed by atoms with Crippen molar-refractivity contribution in [2.24, 2.45) is 0 Å². The molecule has 0 aromatic rings. The minimum absolute atomic E-state index is 0. The fourth-order valence-electron chi connectivity index (χ4n) is 0. The van der Waals surface area contributed by atoms with Gasteiger partial charge in [0.1, 0.15) is 0 Å². The smallest absolute Gasteiger partial charge is 0.418 e. The van der Waals surface area contributed by atoms with Crippen molar-refractivity contribution in [3.05, 3.63) is 0 Å². The molecule has 1 radical (unpaired) electrons. The summed E-state index contributed by atoms with van der Waals surface area (Å²) in [4.78, 5) is 0. The van der Waals surface area contributed by atoms with Crippen LogP contribution in [0.5, 0.6) is 0 Å². The van der Waals surface area contributed by atoms with Gasteiger partial charge in [-0.1, -0.05) is 0 Å². The molecule has 0 heterocycles. The molecule has 0 aliphatic heterocycles. The summed E-state index contributed by atoms with van der Waals surface area (Å²) in [6.07, 6.45) is 0. The molecule has 0 aliphatic rings. The second-order valence-electron chi connectivity index (χ2n) is 1.48. The SMILES string of the molecule is F[B-](F)(F)F.F[B-](F)(F)F.F[B-](F)(F)F.[Pb+3]. The van der Waals surface area contributed by atoms with Crippen LogP contribution in [-0.4, -0.2) is 49.1 Å². The van der Waals surface area contributed by atoms with E-state index in [1.54, 1.807) is 0 Å². The number of halogens is 12. The predicted octanol–water partition coefficient (Wildman–Crippen LogP) is 3.52. The van der Waals surface area contributed by atoms with Crippen LogP contribution in [0.3, 0.4) is 0 Å². The van der Waals surface area contributed by atoms with Crippen molar-refractivity contribution in [1.82, 2.24) is 0 Å². The van der Waals surface area contributed by atoms with Gasteiger partial charge in [-0.25, -0.2) is 0 Å². The van der Waals surface area contributed by atoms with Crippen molar-refractivity contribution in [3.63, 3.8) is 0 Å². The van der Waals surface area contributed by atoms with Crippen molar-refractivity contribution in [3.8, 4) is 0 Å². The van der Waals surface area contributed by atoms with E-state index in [0.29, 0.717) is 0 Å². The van der Waals surface area contributed by atoms with Crippen LogP contribution in [0.25, 0.3) is 0 Å². The minimum atomic E-state index is -6.00. The monoisotopic (exact) mass is 469 g/mol. The first-order valence-electron chi connectivity index (χ1n) is 2.62. The fourth-order valence-corrected chi connectivity index (χ4v) is 0. The molecule has 97 valence electrons. The van der Waals surface area contributed by atoms with Crippen LogP contribution >= 0.6 is 0 Å². The Balaban J connectivity index is -0.0000000655. The average molecular weight is 468 g/mol. The Kier molecular flexibility index (Phi) is 14.7. The Labute approximate surface area is 101 Å². The minimum Gasteiger partial charge on any atom is -0.418 e. The molecule has 0 bridgehead atoms. The number of hydrogen-bond donors (Lipinski definition) is 0. The Bertz CT molecular complexity index is 91.3. The van der Waals surface area contributed by atoms with Crippen LogP contribution in [0.1, 0.15) is 0 Å². The first-order valence-corrected chi connectivity index (χ1v) is 2.62. The van der Waals surface area contributed by atoms with Gasteiger partial charge in [0.2, 0.25) is 0 Å². The third-order valence-corrected chi connectivity index (χ3v) is 0. The van der Waals surface area contributed by atoms with Crippen molar-refractivity contribution >= 4 is 49.1 Å². The topological polar surface area (TPSA) is 0 Å². The summed E-state index contributed by atoms with van der Waals surface area (Å²) in [5.41, 5.74) is 0. The molecular weight excluding hydrogens is 468 g/mol. The van der Waals surface area contributed by atoms with E-state index < -0.39 is 21.8 Å². The van der Waals surface area contributed by atoms with E-state index in [0.717, 1.165) is 0 Å². The van der Waals surface area contributed by atoms with Gasteiger partial charge < -0.3 is 51.8 Å². The first kappa shape index (κ1) is 25.2. The van der Waals surface area contributed by atoms with Gasteiger partial charge in [0.15, 0.2) is 0 Å². The molecule has 0 amide bonds. The Morgan fingerprint density at radius 1 is 0.312 bits per heavy atom. The van der Waals surface area contributed by atoms with Gasteiger partial charge in [-0.05, 0) is 0 Å². The molecule has 0 unspecified atom stereocenters. The molecule has 0 N–H and O–H groups in total. The third kappa shape index (κ3) is 32800. The van der Waals surface area contributed by atoms with Crippen molar-refractivity contribution in [2.45, 2.75) is 0 Å². The average Bonchev–Trinajstić information content (AvgIpc) is 1.41. The van der Waals surface area contributed by atoms with Gasteiger partial charge >= 0.3 is 49.1 Å². The zero-order chi connectivity index (χ0) is 13.5. The Morgan fingerprint density at radius 3 is 0.312 bits per heavy atom. The molecule has 0 rings (SSSR count). The predicted molar refractivity (Wildman–Crippen MR) is 36.3 cm³/mol. The van der Waals surface area contributed by atoms with Gasteiger partial charge in [0.05, 0.1) is 0 Å². The second-order valence-corrected chi connectivity index (χ2v) is 1.48. The zero-order valence-corrected chi connectivity index (χ0v) is 10.7. The zero-order valence-electron chi connectivity index (χ0n) is 6.77. The summed E-state index contributed by atoms with van der Waals surface area (Å²) in [6.45, 7) is 0. The maximum atomic E-state index is 9.75. The van der Waals surface area contributed by atoms with Crippen molar-refractivity contribution in [1.29, 1.82) is 0 Å². The maximum absolute atomic E-state index is 9.75. The largest absolute Gasteiger partial charge is 3.00 e. The quantitative estimate of drug-likeness (QED) is 0.378. The van der Waals surface area contributed by atoms with Gasteiger partial charge in [-0.3, -0.25) is 0 Å². The number of hydrogen-bond acceptors (Lipinski definition) is 0. The maximum Gasteiger partial charge on any atom is 3.00 e. The standard InChI is InChI=1S/3BF4.Pb/c3*2-1(3,4)5;/q3*-1;+3. The fraction of sp³-hybridized carbons (Fsp3) is 0. The van der Waals surface area contributed by atoms with Crippen LogP contribution in [0.4, 0.5) is 51.8 Å². The van der Waals surface area contributed by atoms with Crippen LogP contribution in [-0.2, 0) is 0 Å². The Hall–Kier alpha value is 0.277. The van der Waals surface area contributed by atoms with E-state index >= 15 is 0 Å². The molecule has 0 aromatic heterocycles. The molecule has 16 heavy (non-hydrogen) atoms. The van der Waals surface area contributed by atoms with E-state index in [4.69, 9.17) is 0 Å². The summed E-state index contributed by atoms with van der Waals surface area (Å²) in [5, 5.41) is 0. The Morgan fingerprint density at radius 2 is 0.312 bits per heavy atom. The molecule has 0 aliphatic carbocycles.